The number of nitrogens with two attached hydrogens (primary N) is 1. The Morgan fingerprint density at radius 3 is 2.29 bits per heavy atom. The molecule has 1 amide bonds. The Morgan fingerprint density at radius 2 is 1.94 bits per heavy atom. The number of aliphatic carboxylic acids is 1. The van der Waals surface area contributed by atoms with Crippen LogP contribution in [0.5, 0.6) is 0 Å². The average molecular weight is 244 g/mol. The maximum atomic E-state index is 11.8. The molecule has 0 aromatic heterocycles. The molecule has 0 saturated carbocycles. The number of unbranched alkanes of at least 4 members (excludes halogenated alkanes) is 1. The summed E-state index contributed by atoms with van der Waals surface area (Å²) in [5.74, 6) is -1.45. The molecule has 0 aliphatic carbocycles. The normalized spacial score (nSPS) is 14.4. The highest BCUT2D eigenvalue weighted by Crippen LogP contribution is 2.10. The summed E-state index contributed by atoms with van der Waals surface area (Å²) in [6.45, 7) is 6.03. The van der Waals surface area contributed by atoms with Crippen molar-refractivity contribution in [2.45, 2.75) is 46.1 Å². The summed E-state index contributed by atoms with van der Waals surface area (Å²) < 4.78 is 0. The minimum Gasteiger partial charge on any atom is -0.480 e. The molecular formula is C12H24N2O3. The standard InChI is InChI=1S/C12H24N2O3/c1-4-5-6-10(12(16)17)14-11(15)9(7-13)8(2)3/h8-10H,4-7,13H2,1-3H3,(H,14,15)(H,16,17)/t9?,10-/m0/s1. The molecule has 1 unspecified atom stereocenters. The van der Waals surface area contributed by atoms with E-state index in [4.69, 9.17) is 10.8 Å². The van der Waals surface area contributed by atoms with Crippen molar-refractivity contribution in [2.75, 3.05) is 6.54 Å². The van der Waals surface area contributed by atoms with Crippen LogP contribution in [0.4, 0.5) is 0 Å². The van der Waals surface area contributed by atoms with Crippen LogP contribution in [0.1, 0.15) is 40.0 Å². The van der Waals surface area contributed by atoms with Crippen molar-refractivity contribution in [3.63, 3.8) is 0 Å². The predicted molar refractivity (Wildman–Crippen MR) is 66.5 cm³/mol. The van der Waals surface area contributed by atoms with Crippen molar-refractivity contribution < 1.29 is 14.7 Å². The molecule has 0 aromatic rings. The number of carboxylic acid groups (broad SMARTS) is 1. The lowest BCUT2D eigenvalue weighted by Gasteiger charge is -2.21. The third-order valence-corrected chi connectivity index (χ3v) is 2.86. The van der Waals surface area contributed by atoms with Crippen LogP contribution < -0.4 is 11.1 Å². The molecule has 5 heteroatoms. The van der Waals surface area contributed by atoms with Crippen molar-refractivity contribution in [3.05, 3.63) is 0 Å². The van der Waals surface area contributed by atoms with Gasteiger partial charge in [0.1, 0.15) is 6.04 Å². The van der Waals surface area contributed by atoms with Crippen LogP contribution in [0.25, 0.3) is 0 Å². The van der Waals surface area contributed by atoms with E-state index in [1.54, 1.807) is 0 Å². The molecule has 0 spiro atoms. The minimum atomic E-state index is -0.980. The van der Waals surface area contributed by atoms with Gasteiger partial charge in [0.25, 0.3) is 0 Å². The minimum absolute atomic E-state index is 0.112. The van der Waals surface area contributed by atoms with Gasteiger partial charge in [0.15, 0.2) is 0 Å². The molecule has 2 atom stereocenters. The van der Waals surface area contributed by atoms with Crippen LogP contribution >= 0.6 is 0 Å². The van der Waals surface area contributed by atoms with Crippen molar-refractivity contribution in [1.82, 2.24) is 5.32 Å². The van der Waals surface area contributed by atoms with E-state index in [9.17, 15) is 9.59 Å². The lowest BCUT2D eigenvalue weighted by atomic mass is 9.94. The van der Waals surface area contributed by atoms with Gasteiger partial charge in [-0.3, -0.25) is 4.79 Å². The van der Waals surface area contributed by atoms with Crippen LogP contribution in [0.15, 0.2) is 0 Å². The third kappa shape index (κ3) is 5.68. The summed E-state index contributed by atoms with van der Waals surface area (Å²) in [5, 5.41) is 11.6. The Bertz CT molecular complexity index is 254. The van der Waals surface area contributed by atoms with Crippen LogP contribution in [0, 0.1) is 11.8 Å². The summed E-state index contributed by atoms with van der Waals surface area (Å²) >= 11 is 0. The molecule has 100 valence electrons. The molecule has 0 fully saturated rings. The number of hydrogen-bond acceptors (Lipinski definition) is 3. The molecule has 0 rings (SSSR count). The van der Waals surface area contributed by atoms with Crippen molar-refractivity contribution in [2.24, 2.45) is 17.6 Å². The predicted octanol–water partition coefficient (Wildman–Crippen LogP) is 0.977. The van der Waals surface area contributed by atoms with E-state index in [0.717, 1.165) is 12.8 Å². The summed E-state index contributed by atoms with van der Waals surface area (Å²) in [6, 6.07) is -0.796. The molecular weight excluding hydrogens is 220 g/mol. The van der Waals surface area contributed by atoms with Gasteiger partial charge in [-0.25, -0.2) is 4.79 Å². The summed E-state index contributed by atoms with van der Waals surface area (Å²) in [4.78, 5) is 22.8. The van der Waals surface area contributed by atoms with Gasteiger partial charge in [-0.05, 0) is 12.3 Å². The first-order chi connectivity index (χ1) is 7.93. The van der Waals surface area contributed by atoms with Crippen molar-refractivity contribution >= 4 is 11.9 Å². The number of amides is 1. The second-order valence-corrected chi connectivity index (χ2v) is 4.63. The Morgan fingerprint density at radius 1 is 1.35 bits per heavy atom. The van der Waals surface area contributed by atoms with Crippen molar-refractivity contribution in [1.29, 1.82) is 0 Å². The lowest BCUT2D eigenvalue weighted by molar-refractivity contribution is -0.142. The third-order valence-electron chi connectivity index (χ3n) is 2.86. The van der Waals surface area contributed by atoms with Gasteiger partial charge in [-0.15, -0.1) is 0 Å². The topological polar surface area (TPSA) is 92.4 Å². The molecule has 0 aliphatic heterocycles. The molecule has 0 aliphatic rings. The van der Waals surface area contributed by atoms with E-state index in [2.05, 4.69) is 5.32 Å². The fraction of sp³-hybridized carbons (Fsp3) is 0.833. The Balaban J connectivity index is 4.43. The molecule has 0 heterocycles. The lowest BCUT2D eigenvalue weighted by Crippen LogP contribution is -2.46. The zero-order valence-electron chi connectivity index (χ0n) is 10.9. The Kier molecular flexibility index (Phi) is 7.54. The number of carboxylic acids is 1. The Labute approximate surface area is 103 Å². The number of carbonyl (C=O) groups is 2. The number of nitrogens with one attached hydrogen (secondary N) is 1. The second-order valence-electron chi connectivity index (χ2n) is 4.63. The van der Waals surface area contributed by atoms with Gasteiger partial charge < -0.3 is 16.2 Å². The van der Waals surface area contributed by atoms with E-state index < -0.39 is 12.0 Å². The molecule has 0 aromatic carbocycles. The number of rotatable bonds is 8. The van der Waals surface area contributed by atoms with Gasteiger partial charge >= 0.3 is 5.97 Å². The zero-order chi connectivity index (χ0) is 13.4. The first kappa shape index (κ1) is 15.9. The summed E-state index contributed by atoms with van der Waals surface area (Å²) in [6.07, 6.45) is 2.16. The molecule has 17 heavy (non-hydrogen) atoms. The van der Waals surface area contributed by atoms with Crippen molar-refractivity contribution in [3.8, 4) is 0 Å². The van der Waals surface area contributed by atoms with E-state index in [0.29, 0.717) is 6.42 Å². The second kappa shape index (κ2) is 8.06. The highest BCUT2D eigenvalue weighted by Gasteiger charge is 2.25. The Hall–Kier alpha value is -1.10. The SMILES string of the molecule is CCCC[C@H](NC(=O)C(CN)C(C)C)C(=O)O. The first-order valence-corrected chi connectivity index (χ1v) is 6.17. The van der Waals surface area contributed by atoms with Crippen LogP contribution in [0.2, 0.25) is 0 Å². The smallest absolute Gasteiger partial charge is 0.326 e. The molecule has 5 nitrogen and oxygen atoms in total. The fourth-order valence-electron chi connectivity index (χ4n) is 1.63. The van der Waals surface area contributed by atoms with Gasteiger partial charge in [0.2, 0.25) is 5.91 Å². The quantitative estimate of drug-likeness (QED) is 0.593. The maximum Gasteiger partial charge on any atom is 0.326 e. The van der Waals surface area contributed by atoms with E-state index in [-0.39, 0.29) is 24.3 Å². The fourth-order valence-corrected chi connectivity index (χ4v) is 1.63. The number of hydrogen-bond donors (Lipinski definition) is 3. The van der Waals surface area contributed by atoms with Gasteiger partial charge in [-0.1, -0.05) is 33.6 Å². The highest BCUT2D eigenvalue weighted by molar-refractivity contribution is 5.85. The molecule has 0 radical (unpaired) electrons. The highest BCUT2D eigenvalue weighted by atomic mass is 16.4. The van der Waals surface area contributed by atoms with E-state index in [1.165, 1.54) is 0 Å². The zero-order valence-corrected chi connectivity index (χ0v) is 10.9. The molecule has 4 N–H and O–H groups in total. The van der Waals surface area contributed by atoms with Gasteiger partial charge in [0, 0.05) is 6.54 Å². The van der Waals surface area contributed by atoms with Crippen LogP contribution in [-0.4, -0.2) is 29.6 Å². The van der Waals surface area contributed by atoms with Crippen LogP contribution in [0.3, 0.4) is 0 Å². The van der Waals surface area contributed by atoms with Gasteiger partial charge in [0.05, 0.1) is 5.92 Å². The van der Waals surface area contributed by atoms with Gasteiger partial charge in [-0.2, -0.15) is 0 Å². The first-order valence-electron chi connectivity index (χ1n) is 6.17. The maximum absolute atomic E-state index is 11.8. The average Bonchev–Trinajstić information content (AvgIpc) is 2.24. The van der Waals surface area contributed by atoms with Crippen LogP contribution in [-0.2, 0) is 9.59 Å². The summed E-state index contributed by atoms with van der Waals surface area (Å²) in [7, 11) is 0. The largest absolute Gasteiger partial charge is 0.480 e. The molecule has 0 saturated heterocycles. The summed E-state index contributed by atoms with van der Waals surface area (Å²) in [5.41, 5.74) is 5.52. The number of carbonyl (C=O) groups excluding carboxylic acids is 1. The van der Waals surface area contributed by atoms with E-state index in [1.807, 2.05) is 20.8 Å². The van der Waals surface area contributed by atoms with E-state index >= 15 is 0 Å². The molecule has 0 bridgehead atoms. The monoisotopic (exact) mass is 244 g/mol.